The van der Waals surface area contributed by atoms with Crippen LogP contribution in [0.2, 0.25) is 0 Å². The maximum absolute atomic E-state index is 11.4. The summed E-state index contributed by atoms with van der Waals surface area (Å²) in [5.41, 5.74) is 1.82. The van der Waals surface area contributed by atoms with Gasteiger partial charge >= 0.3 is 5.97 Å². The minimum absolute atomic E-state index is 0.0291. The molecule has 2 amide bonds. The fraction of sp³-hybridized carbons (Fsp3) is 0.400. The molecule has 0 bridgehead atoms. The van der Waals surface area contributed by atoms with Crippen molar-refractivity contribution in [3.8, 4) is 0 Å². The van der Waals surface area contributed by atoms with E-state index in [2.05, 4.69) is 10.6 Å². The highest BCUT2D eigenvalue weighted by molar-refractivity contribution is 6.02. The molecule has 2 atom stereocenters. The summed E-state index contributed by atoms with van der Waals surface area (Å²) in [6.45, 7) is 0.796. The summed E-state index contributed by atoms with van der Waals surface area (Å²) in [7, 11) is 0. The molecule has 7 nitrogen and oxygen atoms in total. The second kappa shape index (κ2) is 5.76. The second-order valence-electron chi connectivity index (χ2n) is 5.65. The Balaban J connectivity index is 1.69. The minimum Gasteiger partial charge on any atom is -0.481 e. The lowest BCUT2D eigenvalue weighted by Gasteiger charge is -2.27. The zero-order valence-electron chi connectivity index (χ0n) is 11.9. The van der Waals surface area contributed by atoms with Crippen LogP contribution in [-0.4, -0.2) is 42.5 Å². The van der Waals surface area contributed by atoms with Gasteiger partial charge in [0.05, 0.1) is 19.0 Å². The predicted molar refractivity (Wildman–Crippen MR) is 78.3 cm³/mol. The van der Waals surface area contributed by atoms with Crippen LogP contribution in [0, 0.1) is 5.92 Å². The molecular formula is C15H17N3O4. The van der Waals surface area contributed by atoms with Crippen LogP contribution in [0.5, 0.6) is 0 Å². The molecule has 22 heavy (non-hydrogen) atoms. The van der Waals surface area contributed by atoms with Crippen LogP contribution in [-0.2, 0) is 14.4 Å². The predicted octanol–water partition coefficient (Wildman–Crippen LogP) is -0.115. The van der Waals surface area contributed by atoms with Gasteiger partial charge in [0.1, 0.15) is 0 Å². The third-order valence-corrected chi connectivity index (χ3v) is 4.09. The molecule has 0 aromatic heterocycles. The Kier molecular flexibility index (Phi) is 3.81. The van der Waals surface area contributed by atoms with Crippen molar-refractivity contribution in [2.24, 2.45) is 5.92 Å². The van der Waals surface area contributed by atoms with Gasteiger partial charge in [0.15, 0.2) is 0 Å². The Labute approximate surface area is 127 Å². The maximum atomic E-state index is 11.4. The van der Waals surface area contributed by atoms with E-state index < -0.39 is 5.97 Å². The molecule has 2 aliphatic rings. The highest BCUT2D eigenvalue weighted by Gasteiger charge is 2.30. The van der Waals surface area contributed by atoms with Crippen LogP contribution < -0.4 is 15.5 Å². The van der Waals surface area contributed by atoms with Gasteiger partial charge in [-0.05, 0) is 24.1 Å². The topological polar surface area (TPSA) is 98.7 Å². The Bertz CT molecular complexity index is 598. The molecule has 0 aliphatic carbocycles. The number of aliphatic carboxylic acids is 1. The Morgan fingerprint density at radius 1 is 1.14 bits per heavy atom. The van der Waals surface area contributed by atoms with Gasteiger partial charge in [-0.2, -0.15) is 0 Å². The van der Waals surface area contributed by atoms with Crippen molar-refractivity contribution < 1.29 is 19.5 Å². The summed E-state index contributed by atoms with van der Waals surface area (Å²) in [4.78, 5) is 35.5. The number of carboxylic acid groups (broad SMARTS) is 1. The summed E-state index contributed by atoms with van der Waals surface area (Å²) in [5.74, 6) is -1.73. The first-order valence-corrected chi connectivity index (χ1v) is 7.16. The number of benzene rings is 1. The standard InChI is InChI=1S/C15H17N3O4/c19-13-7-18(8-14(20)17-13)11-3-1-9(2-4-11)12-5-10(6-16-12)15(21)22/h1-4,10,12,16H,5-8H2,(H,21,22)(H,17,19,20). The molecule has 2 fully saturated rings. The van der Waals surface area contributed by atoms with E-state index in [9.17, 15) is 14.4 Å². The molecule has 7 heteroatoms. The molecule has 2 saturated heterocycles. The van der Waals surface area contributed by atoms with Crippen molar-refractivity contribution in [2.45, 2.75) is 12.5 Å². The number of rotatable bonds is 3. The van der Waals surface area contributed by atoms with Crippen LogP contribution in [0.15, 0.2) is 24.3 Å². The highest BCUT2D eigenvalue weighted by Crippen LogP contribution is 2.28. The average Bonchev–Trinajstić information content (AvgIpc) is 2.96. The lowest BCUT2D eigenvalue weighted by atomic mass is 10.00. The molecule has 1 aromatic rings. The number of carbonyl (C=O) groups is 3. The van der Waals surface area contributed by atoms with Crippen LogP contribution >= 0.6 is 0 Å². The van der Waals surface area contributed by atoms with Crippen LogP contribution in [0.25, 0.3) is 0 Å². The van der Waals surface area contributed by atoms with Gasteiger partial charge in [0.25, 0.3) is 0 Å². The van der Waals surface area contributed by atoms with Gasteiger partial charge in [-0.15, -0.1) is 0 Å². The van der Waals surface area contributed by atoms with E-state index in [-0.39, 0.29) is 36.9 Å². The molecule has 0 radical (unpaired) electrons. The van der Waals surface area contributed by atoms with Crippen LogP contribution in [0.1, 0.15) is 18.0 Å². The highest BCUT2D eigenvalue weighted by atomic mass is 16.4. The summed E-state index contributed by atoms with van der Waals surface area (Å²) in [6, 6.07) is 7.57. The van der Waals surface area contributed by atoms with Crippen molar-refractivity contribution in [3.63, 3.8) is 0 Å². The third kappa shape index (κ3) is 2.94. The number of amides is 2. The van der Waals surface area contributed by atoms with Crippen LogP contribution in [0.3, 0.4) is 0 Å². The quantitative estimate of drug-likeness (QED) is 0.674. The molecule has 3 rings (SSSR count). The number of piperazine rings is 1. The van der Waals surface area contributed by atoms with Crippen LogP contribution in [0.4, 0.5) is 5.69 Å². The van der Waals surface area contributed by atoms with E-state index >= 15 is 0 Å². The zero-order valence-corrected chi connectivity index (χ0v) is 11.9. The van der Waals surface area contributed by atoms with E-state index in [1.807, 2.05) is 24.3 Å². The maximum Gasteiger partial charge on any atom is 0.307 e. The second-order valence-corrected chi connectivity index (χ2v) is 5.65. The van der Waals surface area contributed by atoms with Crippen molar-refractivity contribution in [2.75, 3.05) is 24.5 Å². The van der Waals surface area contributed by atoms with Gasteiger partial charge in [0, 0.05) is 18.3 Å². The average molecular weight is 303 g/mol. The largest absolute Gasteiger partial charge is 0.481 e. The van der Waals surface area contributed by atoms with E-state index in [1.54, 1.807) is 4.90 Å². The van der Waals surface area contributed by atoms with E-state index in [0.29, 0.717) is 13.0 Å². The number of imide groups is 1. The monoisotopic (exact) mass is 303 g/mol. The smallest absolute Gasteiger partial charge is 0.307 e. The minimum atomic E-state index is -0.774. The van der Waals surface area contributed by atoms with Crippen molar-refractivity contribution in [1.82, 2.24) is 10.6 Å². The molecule has 2 unspecified atom stereocenters. The normalized spacial score (nSPS) is 25.2. The summed E-state index contributed by atoms with van der Waals surface area (Å²) in [5, 5.41) is 14.5. The number of hydrogen-bond acceptors (Lipinski definition) is 5. The van der Waals surface area contributed by atoms with Gasteiger partial charge in [-0.1, -0.05) is 12.1 Å². The summed E-state index contributed by atoms with van der Waals surface area (Å²) < 4.78 is 0. The fourth-order valence-corrected chi connectivity index (χ4v) is 2.91. The summed E-state index contributed by atoms with van der Waals surface area (Å²) in [6.07, 6.45) is 0.569. The Morgan fingerprint density at radius 3 is 2.32 bits per heavy atom. The van der Waals surface area contributed by atoms with Gasteiger partial charge in [-0.3, -0.25) is 19.7 Å². The molecule has 0 saturated carbocycles. The molecule has 3 N–H and O–H groups in total. The number of carbonyl (C=O) groups excluding carboxylic acids is 2. The molecule has 116 valence electrons. The zero-order chi connectivity index (χ0) is 15.7. The number of hydrogen-bond donors (Lipinski definition) is 3. The molecule has 2 heterocycles. The molecular weight excluding hydrogens is 286 g/mol. The number of nitrogens with one attached hydrogen (secondary N) is 2. The molecule has 1 aromatic carbocycles. The number of nitrogens with zero attached hydrogens (tertiary/aromatic N) is 1. The van der Waals surface area contributed by atoms with Gasteiger partial charge in [-0.25, -0.2) is 0 Å². The summed E-state index contributed by atoms with van der Waals surface area (Å²) >= 11 is 0. The number of anilines is 1. The third-order valence-electron chi connectivity index (χ3n) is 4.09. The van der Waals surface area contributed by atoms with Crippen molar-refractivity contribution in [1.29, 1.82) is 0 Å². The Morgan fingerprint density at radius 2 is 1.77 bits per heavy atom. The molecule has 2 aliphatic heterocycles. The fourth-order valence-electron chi connectivity index (χ4n) is 2.91. The SMILES string of the molecule is O=C1CN(c2ccc(C3CC(C(=O)O)CN3)cc2)CC(=O)N1. The Hall–Kier alpha value is -2.41. The first-order valence-electron chi connectivity index (χ1n) is 7.16. The molecule has 0 spiro atoms. The van der Waals surface area contributed by atoms with E-state index in [1.165, 1.54) is 0 Å². The first-order chi connectivity index (χ1) is 10.5. The van der Waals surface area contributed by atoms with Gasteiger partial charge in [0.2, 0.25) is 11.8 Å². The van der Waals surface area contributed by atoms with Crippen molar-refractivity contribution in [3.05, 3.63) is 29.8 Å². The first kappa shape index (κ1) is 14.5. The number of carboxylic acids is 1. The lowest BCUT2D eigenvalue weighted by molar-refractivity contribution is -0.141. The lowest BCUT2D eigenvalue weighted by Crippen LogP contribution is -2.51. The van der Waals surface area contributed by atoms with Gasteiger partial charge < -0.3 is 15.3 Å². The van der Waals surface area contributed by atoms with Crippen molar-refractivity contribution >= 4 is 23.5 Å². The van der Waals surface area contributed by atoms with E-state index in [0.717, 1.165) is 11.3 Å². The van der Waals surface area contributed by atoms with E-state index in [4.69, 9.17) is 5.11 Å².